The van der Waals surface area contributed by atoms with E-state index in [4.69, 9.17) is 9.47 Å². The lowest BCUT2D eigenvalue weighted by molar-refractivity contribution is 0.102. The molecule has 2 aromatic carbocycles. The van der Waals surface area contributed by atoms with Crippen LogP contribution in [0.25, 0.3) is 0 Å². The molecule has 6 nitrogen and oxygen atoms in total. The molecule has 0 radical (unpaired) electrons. The van der Waals surface area contributed by atoms with Crippen LogP contribution in [0.1, 0.15) is 27.0 Å². The third-order valence-electron chi connectivity index (χ3n) is 4.59. The average molecular weight is 375 g/mol. The van der Waals surface area contributed by atoms with Crippen LogP contribution < -0.4 is 20.1 Å². The Balaban J connectivity index is 1.46. The molecule has 142 valence electrons. The lowest BCUT2D eigenvalue weighted by atomic mass is 10.0. The number of aromatic nitrogens is 1. The monoisotopic (exact) mass is 375 g/mol. The van der Waals surface area contributed by atoms with Gasteiger partial charge in [-0.3, -0.25) is 4.79 Å². The molecule has 0 atom stereocenters. The molecule has 4 rings (SSSR count). The summed E-state index contributed by atoms with van der Waals surface area (Å²) in [6.45, 7) is 6.26. The van der Waals surface area contributed by atoms with Gasteiger partial charge in [0.2, 0.25) is 6.79 Å². The van der Waals surface area contributed by atoms with Gasteiger partial charge in [-0.05, 0) is 56.2 Å². The molecule has 1 aromatic heterocycles. The summed E-state index contributed by atoms with van der Waals surface area (Å²) in [4.78, 5) is 16.9. The molecule has 0 unspecified atom stereocenters. The summed E-state index contributed by atoms with van der Waals surface area (Å²) >= 11 is 0. The minimum Gasteiger partial charge on any atom is -0.454 e. The van der Waals surface area contributed by atoms with Crippen LogP contribution in [0.5, 0.6) is 11.5 Å². The highest BCUT2D eigenvalue weighted by atomic mass is 16.7. The topological polar surface area (TPSA) is 72.5 Å². The summed E-state index contributed by atoms with van der Waals surface area (Å²) in [7, 11) is 0. The van der Waals surface area contributed by atoms with E-state index in [1.807, 2.05) is 39.0 Å². The van der Waals surface area contributed by atoms with E-state index in [1.165, 1.54) is 5.56 Å². The van der Waals surface area contributed by atoms with Crippen molar-refractivity contribution in [1.29, 1.82) is 0 Å². The maximum atomic E-state index is 12.6. The van der Waals surface area contributed by atoms with Crippen LogP contribution in [-0.4, -0.2) is 17.7 Å². The van der Waals surface area contributed by atoms with Crippen molar-refractivity contribution in [3.05, 3.63) is 70.9 Å². The van der Waals surface area contributed by atoms with Gasteiger partial charge in [-0.1, -0.05) is 17.7 Å². The van der Waals surface area contributed by atoms with E-state index in [-0.39, 0.29) is 12.7 Å². The van der Waals surface area contributed by atoms with Crippen LogP contribution in [0.15, 0.2) is 48.7 Å². The molecule has 28 heavy (non-hydrogen) atoms. The van der Waals surface area contributed by atoms with E-state index < -0.39 is 0 Å². The van der Waals surface area contributed by atoms with Crippen LogP contribution in [0.2, 0.25) is 0 Å². The second kappa shape index (κ2) is 7.23. The Bertz CT molecular complexity index is 1020. The van der Waals surface area contributed by atoms with Crippen molar-refractivity contribution in [3.63, 3.8) is 0 Å². The summed E-state index contributed by atoms with van der Waals surface area (Å²) in [5.41, 5.74) is 5.43. The van der Waals surface area contributed by atoms with E-state index >= 15 is 0 Å². The molecular weight excluding hydrogens is 354 g/mol. The van der Waals surface area contributed by atoms with Gasteiger partial charge in [-0.15, -0.1) is 0 Å². The Labute approximate surface area is 163 Å². The van der Waals surface area contributed by atoms with E-state index in [9.17, 15) is 4.79 Å². The first kappa shape index (κ1) is 17.9. The van der Waals surface area contributed by atoms with Gasteiger partial charge in [0.05, 0.1) is 5.56 Å². The lowest BCUT2D eigenvalue weighted by Gasteiger charge is -2.13. The fourth-order valence-corrected chi connectivity index (χ4v) is 3.29. The number of fused-ring (bicyclic) bond motifs is 1. The van der Waals surface area contributed by atoms with Gasteiger partial charge < -0.3 is 20.1 Å². The van der Waals surface area contributed by atoms with Gasteiger partial charge in [0.25, 0.3) is 5.91 Å². The first-order chi connectivity index (χ1) is 13.5. The molecule has 1 aliphatic rings. The van der Waals surface area contributed by atoms with E-state index in [0.29, 0.717) is 17.1 Å². The van der Waals surface area contributed by atoms with Gasteiger partial charge in [0.1, 0.15) is 5.82 Å². The van der Waals surface area contributed by atoms with Gasteiger partial charge >= 0.3 is 0 Å². The molecule has 2 N–H and O–H groups in total. The first-order valence-electron chi connectivity index (χ1n) is 9.01. The van der Waals surface area contributed by atoms with Gasteiger partial charge in [-0.2, -0.15) is 0 Å². The fourth-order valence-electron chi connectivity index (χ4n) is 3.29. The zero-order chi connectivity index (χ0) is 19.7. The normalized spacial score (nSPS) is 12.0. The lowest BCUT2D eigenvalue weighted by Crippen LogP contribution is -2.14. The third kappa shape index (κ3) is 3.62. The van der Waals surface area contributed by atoms with Crippen LogP contribution in [0.4, 0.5) is 17.2 Å². The number of pyridine rings is 1. The van der Waals surface area contributed by atoms with Crippen molar-refractivity contribution in [2.45, 2.75) is 20.8 Å². The van der Waals surface area contributed by atoms with E-state index in [2.05, 4.69) is 27.8 Å². The number of carbonyl (C=O) groups is 1. The van der Waals surface area contributed by atoms with Crippen molar-refractivity contribution in [1.82, 2.24) is 4.98 Å². The smallest absolute Gasteiger partial charge is 0.257 e. The second-order valence-corrected chi connectivity index (χ2v) is 6.85. The van der Waals surface area contributed by atoms with Crippen LogP contribution in [0, 0.1) is 20.8 Å². The summed E-state index contributed by atoms with van der Waals surface area (Å²) < 4.78 is 10.7. The highest BCUT2D eigenvalue weighted by Gasteiger charge is 2.14. The number of ether oxygens (including phenoxy) is 2. The molecule has 1 amide bonds. The number of aryl methyl sites for hydroxylation is 3. The maximum absolute atomic E-state index is 12.6. The van der Waals surface area contributed by atoms with E-state index in [1.54, 1.807) is 18.3 Å². The van der Waals surface area contributed by atoms with Crippen LogP contribution in [0.3, 0.4) is 0 Å². The van der Waals surface area contributed by atoms with Gasteiger partial charge in [-0.25, -0.2) is 4.98 Å². The predicted molar refractivity (Wildman–Crippen MR) is 109 cm³/mol. The minimum atomic E-state index is -0.183. The third-order valence-corrected chi connectivity index (χ3v) is 4.59. The summed E-state index contributed by atoms with van der Waals surface area (Å²) in [6, 6.07) is 13.2. The van der Waals surface area contributed by atoms with Gasteiger partial charge in [0, 0.05) is 23.6 Å². The zero-order valence-electron chi connectivity index (χ0n) is 16.0. The number of amides is 1. The molecule has 0 saturated carbocycles. The molecule has 6 heteroatoms. The molecule has 2 heterocycles. The van der Waals surface area contributed by atoms with Gasteiger partial charge in [0.15, 0.2) is 11.5 Å². The largest absolute Gasteiger partial charge is 0.454 e. The van der Waals surface area contributed by atoms with Crippen molar-refractivity contribution >= 4 is 23.1 Å². The summed E-state index contributed by atoms with van der Waals surface area (Å²) in [5.74, 6) is 1.88. The Hall–Kier alpha value is -3.54. The standard InChI is InChI=1S/C22H21N3O3/c1-13-8-14(2)21(15(3)9-13)25-22(26)16-4-7-20(23-11-16)24-17-5-6-18-19(10-17)28-12-27-18/h4-11H,12H2,1-3H3,(H,23,24)(H,25,26). The van der Waals surface area contributed by atoms with Crippen LogP contribution >= 0.6 is 0 Å². The number of anilines is 3. The molecule has 0 saturated heterocycles. The number of nitrogens with zero attached hydrogens (tertiary/aromatic N) is 1. The summed E-state index contributed by atoms with van der Waals surface area (Å²) in [5, 5.41) is 6.19. The first-order valence-corrected chi connectivity index (χ1v) is 9.01. The summed E-state index contributed by atoms with van der Waals surface area (Å²) in [6.07, 6.45) is 1.56. The zero-order valence-corrected chi connectivity index (χ0v) is 16.0. The number of benzene rings is 2. The molecule has 3 aromatic rings. The molecule has 0 spiro atoms. The maximum Gasteiger partial charge on any atom is 0.257 e. The van der Waals surface area contributed by atoms with Crippen molar-refractivity contribution < 1.29 is 14.3 Å². The minimum absolute atomic E-state index is 0.183. The number of rotatable bonds is 4. The van der Waals surface area contributed by atoms with E-state index in [0.717, 1.165) is 28.3 Å². The Morgan fingerprint density at radius 2 is 1.71 bits per heavy atom. The molecule has 1 aliphatic heterocycles. The highest BCUT2D eigenvalue weighted by Crippen LogP contribution is 2.34. The van der Waals surface area contributed by atoms with Crippen molar-refractivity contribution in [2.75, 3.05) is 17.4 Å². The second-order valence-electron chi connectivity index (χ2n) is 6.85. The number of hydrogen-bond donors (Lipinski definition) is 2. The molecule has 0 aliphatic carbocycles. The number of hydrogen-bond acceptors (Lipinski definition) is 5. The molecule has 0 fully saturated rings. The Kier molecular flexibility index (Phi) is 4.61. The number of nitrogens with one attached hydrogen (secondary N) is 2. The molecular formula is C22H21N3O3. The predicted octanol–water partition coefficient (Wildman–Crippen LogP) is 4.73. The molecule has 0 bridgehead atoms. The highest BCUT2D eigenvalue weighted by molar-refractivity contribution is 6.05. The van der Waals surface area contributed by atoms with Crippen molar-refractivity contribution in [3.8, 4) is 11.5 Å². The number of carbonyl (C=O) groups excluding carboxylic acids is 1. The SMILES string of the molecule is Cc1cc(C)c(NC(=O)c2ccc(Nc3ccc4c(c3)OCO4)nc2)c(C)c1. The average Bonchev–Trinajstić information content (AvgIpc) is 3.13. The Morgan fingerprint density at radius 3 is 2.43 bits per heavy atom. The van der Waals surface area contributed by atoms with Crippen LogP contribution in [-0.2, 0) is 0 Å². The Morgan fingerprint density at radius 1 is 0.964 bits per heavy atom. The van der Waals surface area contributed by atoms with Crippen molar-refractivity contribution in [2.24, 2.45) is 0 Å². The quantitative estimate of drug-likeness (QED) is 0.690. The fraction of sp³-hybridized carbons (Fsp3) is 0.182.